The van der Waals surface area contributed by atoms with Gasteiger partial charge < -0.3 is 29.6 Å². The molecule has 0 unspecified atom stereocenters. The summed E-state index contributed by atoms with van der Waals surface area (Å²) in [6.45, 7) is 1.96. The van der Waals surface area contributed by atoms with E-state index in [1.165, 1.54) is 38.5 Å². The van der Waals surface area contributed by atoms with Crippen LogP contribution in [0.2, 0.25) is 0 Å². The molecule has 0 amide bonds. The van der Waals surface area contributed by atoms with Gasteiger partial charge in [-0.05, 0) is 18.9 Å². The molecule has 1 aliphatic carbocycles. The molecule has 0 spiro atoms. The van der Waals surface area contributed by atoms with Gasteiger partial charge in [0.1, 0.15) is 5.75 Å². The van der Waals surface area contributed by atoms with Gasteiger partial charge in [0.25, 0.3) is 0 Å². The zero-order valence-electron chi connectivity index (χ0n) is 17.7. The third-order valence-electron chi connectivity index (χ3n) is 5.01. The minimum atomic E-state index is 0.412. The second-order valence-corrected chi connectivity index (χ2v) is 6.86. The molecule has 0 radical (unpaired) electrons. The highest BCUT2D eigenvalue weighted by Gasteiger charge is 2.13. The number of hydrogen-bond donors (Lipinski definition) is 2. The molecule has 7 heteroatoms. The molecule has 28 heavy (non-hydrogen) atoms. The van der Waals surface area contributed by atoms with Crippen molar-refractivity contribution in [2.75, 3.05) is 41.5 Å². The van der Waals surface area contributed by atoms with E-state index in [-0.39, 0.29) is 0 Å². The first kappa shape index (κ1) is 22.1. The maximum absolute atomic E-state index is 6.02. The van der Waals surface area contributed by atoms with Crippen molar-refractivity contribution in [1.82, 2.24) is 10.6 Å². The normalized spacial score (nSPS) is 15.6. The predicted molar refractivity (Wildman–Crippen MR) is 112 cm³/mol. The summed E-state index contributed by atoms with van der Waals surface area (Å²) in [7, 11) is 6.63. The van der Waals surface area contributed by atoms with Crippen LogP contribution in [0.5, 0.6) is 17.2 Å². The SMILES string of the molecule is CN=C(NCCOC1CCCCCC1)NCc1cc(OC)c(OC)cc1OC. The van der Waals surface area contributed by atoms with Crippen LogP contribution < -0.4 is 24.8 Å². The average Bonchev–Trinajstić information content (AvgIpc) is 3.01. The van der Waals surface area contributed by atoms with Crippen LogP contribution in [-0.2, 0) is 11.3 Å². The number of benzene rings is 1. The summed E-state index contributed by atoms with van der Waals surface area (Å²) in [5.41, 5.74) is 0.956. The van der Waals surface area contributed by atoms with E-state index in [9.17, 15) is 0 Å². The fourth-order valence-corrected chi connectivity index (χ4v) is 3.43. The van der Waals surface area contributed by atoms with Gasteiger partial charge in [0.05, 0.1) is 34.0 Å². The molecule has 1 aromatic rings. The first-order valence-corrected chi connectivity index (χ1v) is 10.1. The van der Waals surface area contributed by atoms with Crippen molar-refractivity contribution in [2.45, 2.75) is 51.2 Å². The van der Waals surface area contributed by atoms with Gasteiger partial charge in [-0.3, -0.25) is 4.99 Å². The number of guanidine groups is 1. The fourth-order valence-electron chi connectivity index (χ4n) is 3.43. The van der Waals surface area contributed by atoms with Gasteiger partial charge in [-0.1, -0.05) is 25.7 Å². The Balaban J connectivity index is 1.81. The van der Waals surface area contributed by atoms with Gasteiger partial charge >= 0.3 is 0 Å². The standard InChI is InChI=1S/C21H35N3O4/c1-22-21(23-11-12-28-17-9-7-5-6-8-10-17)24-15-16-13-19(26-3)20(27-4)14-18(16)25-2/h13-14,17H,5-12,15H2,1-4H3,(H2,22,23,24). The van der Waals surface area contributed by atoms with Crippen molar-refractivity contribution in [3.8, 4) is 17.2 Å². The molecule has 2 N–H and O–H groups in total. The van der Waals surface area contributed by atoms with Crippen molar-refractivity contribution in [3.63, 3.8) is 0 Å². The molecule has 0 aromatic heterocycles. The van der Waals surface area contributed by atoms with E-state index in [1.807, 2.05) is 12.1 Å². The Labute approximate surface area is 168 Å². The fraction of sp³-hybridized carbons (Fsp3) is 0.667. The zero-order chi connectivity index (χ0) is 20.2. The van der Waals surface area contributed by atoms with Crippen LogP contribution in [-0.4, -0.2) is 53.6 Å². The molecule has 0 saturated heterocycles. The Hall–Kier alpha value is -2.15. The van der Waals surface area contributed by atoms with Crippen LogP contribution >= 0.6 is 0 Å². The van der Waals surface area contributed by atoms with E-state index in [0.29, 0.717) is 30.8 Å². The number of hydrogen-bond acceptors (Lipinski definition) is 5. The first-order valence-electron chi connectivity index (χ1n) is 10.1. The van der Waals surface area contributed by atoms with E-state index in [0.717, 1.165) is 23.8 Å². The average molecular weight is 394 g/mol. The van der Waals surface area contributed by atoms with Gasteiger partial charge in [-0.2, -0.15) is 0 Å². The molecule has 2 rings (SSSR count). The minimum absolute atomic E-state index is 0.412. The van der Waals surface area contributed by atoms with Crippen LogP contribution in [0, 0.1) is 0 Å². The third-order valence-corrected chi connectivity index (χ3v) is 5.01. The monoisotopic (exact) mass is 393 g/mol. The number of ether oxygens (including phenoxy) is 4. The molecule has 158 valence electrons. The quantitative estimate of drug-likeness (QED) is 0.291. The first-order chi connectivity index (χ1) is 13.7. The summed E-state index contributed by atoms with van der Waals surface area (Å²) in [4.78, 5) is 4.28. The van der Waals surface area contributed by atoms with Crippen LogP contribution in [0.15, 0.2) is 17.1 Å². The lowest BCUT2D eigenvalue weighted by molar-refractivity contribution is 0.0468. The summed E-state index contributed by atoms with van der Waals surface area (Å²) in [5.74, 6) is 2.76. The molecule has 1 saturated carbocycles. The lowest BCUT2D eigenvalue weighted by Gasteiger charge is -2.18. The Morgan fingerprint density at radius 1 is 0.929 bits per heavy atom. The smallest absolute Gasteiger partial charge is 0.191 e. The maximum Gasteiger partial charge on any atom is 0.191 e. The Kier molecular flexibility index (Phi) is 9.76. The largest absolute Gasteiger partial charge is 0.496 e. The zero-order valence-corrected chi connectivity index (χ0v) is 17.7. The lowest BCUT2D eigenvalue weighted by atomic mass is 10.1. The summed E-state index contributed by atoms with van der Waals surface area (Å²) >= 11 is 0. The number of methoxy groups -OCH3 is 3. The summed E-state index contributed by atoms with van der Waals surface area (Å²) in [6, 6.07) is 3.74. The molecule has 7 nitrogen and oxygen atoms in total. The second-order valence-electron chi connectivity index (χ2n) is 6.86. The second kappa shape index (κ2) is 12.3. The van der Waals surface area contributed by atoms with Crippen LogP contribution in [0.25, 0.3) is 0 Å². The molecule has 1 fully saturated rings. The van der Waals surface area contributed by atoms with Crippen LogP contribution in [0.3, 0.4) is 0 Å². The molecule has 0 aliphatic heterocycles. The number of rotatable bonds is 9. The number of nitrogens with one attached hydrogen (secondary N) is 2. The van der Waals surface area contributed by atoms with Crippen molar-refractivity contribution in [3.05, 3.63) is 17.7 Å². The van der Waals surface area contributed by atoms with Gasteiger partial charge in [-0.15, -0.1) is 0 Å². The summed E-state index contributed by atoms with van der Waals surface area (Å²) < 4.78 is 22.2. The van der Waals surface area contributed by atoms with E-state index >= 15 is 0 Å². The number of nitrogens with zero attached hydrogens (tertiary/aromatic N) is 1. The van der Waals surface area contributed by atoms with Crippen molar-refractivity contribution >= 4 is 5.96 Å². The van der Waals surface area contributed by atoms with E-state index in [4.69, 9.17) is 18.9 Å². The Bertz CT molecular complexity index is 614. The molecule has 0 bridgehead atoms. The van der Waals surface area contributed by atoms with Crippen molar-refractivity contribution in [1.29, 1.82) is 0 Å². The Morgan fingerprint density at radius 3 is 2.18 bits per heavy atom. The molecule has 1 aliphatic rings. The predicted octanol–water partition coefficient (Wildman–Crippen LogP) is 3.12. The molecular weight excluding hydrogens is 358 g/mol. The van der Waals surface area contributed by atoms with E-state index in [1.54, 1.807) is 28.4 Å². The lowest BCUT2D eigenvalue weighted by Crippen LogP contribution is -2.39. The minimum Gasteiger partial charge on any atom is -0.496 e. The highest BCUT2D eigenvalue weighted by molar-refractivity contribution is 5.79. The maximum atomic E-state index is 6.02. The van der Waals surface area contributed by atoms with Gasteiger partial charge in [0.2, 0.25) is 0 Å². The van der Waals surface area contributed by atoms with Gasteiger partial charge in [0, 0.05) is 31.8 Å². The summed E-state index contributed by atoms with van der Waals surface area (Å²) in [5, 5.41) is 6.61. The third kappa shape index (κ3) is 6.78. The topological polar surface area (TPSA) is 73.3 Å². The van der Waals surface area contributed by atoms with E-state index in [2.05, 4.69) is 15.6 Å². The van der Waals surface area contributed by atoms with Crippen molar-refractivity contribution < 1.29 is 18.9 Å². The molecule has 0 heterocycles. The van der Waals surface area contributed by atoms with Gasteiger partial charge in [-0.25, -0.2) is 0 Å². The van der Waals surface area contributed by atoms with Crippen LogP contribution in [0.1, 0.15) is 44.1 Å². The Morgan fingerprint density at radius 2 is 1.57 bits per heavy atom. The molecule has 1 aromatic carbocycles. The van der Waals surface area contributed by atoms with Gasteiger partial charge in [0.15, 0.2) is 17.5 Å². The number of aliphatic imine (C=N–C) groups is 1. The summed E-state index contributed by atoms with van der Waals surface area (Å²) in [6.07, 6.45) is 8.04. The van der Waals surface area contributed by atoms with Crippen molar-refractivity contribution in [2.24, 2.45) is 4.99 Å². The molecule has 0 atom stereocenters. The highest BCUT2D eigenvalue weighted by Crippen LogP contribution is 2.34. The highest BCUT2D eigenvalue weighted by atomic mass is 16.5. The van der Waals surface area contributed by atoms with Crippen LogP contribution in [0.4, 0.5) is 0 Å². The molecular formula is C21H35N3O4. The van der Waals surface area contributed by atoms with E-state index < -0.39 is 0 Å².